The van der Waals surface area contributed by atoms with Gasteiger partial charge in [-0.15, -0.1) is 11.3 Å². The first kappa shape index (κ1) is 16.4. The van der Waals surface area contributed by atoms with Gasteiger partial charge in [0.1, 0.15) is 6.61 Å². The van der Waals surface area contributed by atoms with Crippen molar-refractivity contribution in [2.45, 2.75) is 19.4 Å². The van der Waals surface area contributed by atoms with Crippen LogP contribution in [0, 0.1) is 5.92 Å². The molecule has 0 radical (unpaired) electrons. The van der Waals surface area contributed by atoms with Gasteiger partial charge in [0.05, 0.1) is 12.2 Å². The standard InChI is InChI=1S/C16H19NO4S2/c1-23(19,20)17-8-6-12(7-9-17)16(18)21-10-13-11-22-15-5-3-2-4-14(13)15/h2-5,11-12H,6-10H2,1H3. The molecule has 3 rings (SSSR count). The molecule has 0 unspecified atom stereocenters. The predicted molar refractivity (Wildman–Crippen MR) is 90.8 cm³/mol. The molecule has 0 atom stereocenters. The van der Waals surface area contributed by atoms with Crippen molar-refractivity contribution in [2.24, 2.45) is 5.92 Å². The minimum Gasteiger partial charge on any atom is -0.461 e. The lowest BCUT2D eigenvalue weighted by Gasteiger charge is -2.28. The van der Waals surface area contributed by atoms with Gasteiger partial charge in [0, 0.05) is 23.4 Å². The Balaban J connectivity index is 1.56. The second kappa shape index (κ2) is 6.59. The highest BCUT2D eigenvalue weighted by Crippen LogP contribution is 2.27. The molecule has 1 aliphatic heterocycles. The summed E-state index contributed by atoms with van der Waals surface area (Å²) in [6.07, 6.45) is 2.25. The third-order valence-electron chi connectivity index (χ3n) is 4.19. The van der Waals surface area contributed by atoms with E-state index in [0.29, 0.717) is 25.9 Å². The van der Waals surface area contributed by atoms with Crippen LogP contribution in [0.15, 0.2) is 29.6 Å². The van der Waals surface area contributed by atoms with Crippen LogP contribution in [0.25, 0.3) is 10.1 Å². The summed E-state index contributed by atoms with van der Waals surface area (Å²) in [6.45, 7) is 1.05. The van der Waals surface area contributed by atoms with Crippen molar-refractivity contribution in [3.05, 3.63) is 35.2 Å². The summed E-state index contributed by atoms with van der Waals surface area (Å²) in [5.74, 6) is -0.439. The number of carbonyl (C=O) groups excluding carboxylic acids is 1. The molecule has 5 nitrogen and oxygen atoms in total. The zero-order chi connectivity index (χ0) is 16.4. The Kier molecular flexibility index (Phi) is 4.70. The largest absolute Gasteiger partial charge is 0.461 e. The van der Waals surface area contributed by atoms with Crippen LogP contribution >= 0.6 is 11.3 Å². The van der Waals surface area contributed by atoms with Gasteiger partial charge in [0.15, 0.2) is 0 Å². The summed E-state index contributed by atoms with van der Waals surface area (Å²) in [7, 11) is -3.16. The molecule has 0 spiro atoms. The van der Waals surface area contributed by atoms with Gasteiger partial charge in [0.2, 0.25) is 10.0 Å². The van der Waals surface area contributed by atoms with Crippen molar-refractivity contribution in [3.8, 4) is 0 Å². The van der Waals surface area contributed by atoms with E-state index in [-0.39, 0.29) is 18.5 Å². The second-order valence-electron chi connectivity index (χ2n) is 5.80. The molecule has 2 heterocycles. The van der Waals surface area contributed by atoms with Crippen LogP contribution in [0.3, 0.4) is 0 Å². The summed E-state index contributed by atoms with van der Waals surface area (Å²) in [6, 6.07) is 8.04. The third-order valence-corrected chi connectivity index (χ3v) is 6.50. The maximum atomic E-state index is 12.2. The van der Waals surface area contributed by atoms with Crippen molar-refractivity contribution in [1.29, 1.82) is 0 Å². The molecular formula is C16H19NO4S2. The van der Waals surface area contributed by atoms with E-state index >= 15 is 0 Å². The number of nitrogens with zero attached hydrogens (tertiary/aromatic N) is 1. The van der Waals surface area contributed by atoms with E-state index in [9.17, 15) is 13.2 Å². The number of ether oxygens (including phenoxy) is 1. The molecule has 124 valence electrons. The Hall–Kier alpha value is -1.44. The molecule has 1 aromatic carbocycles. The molecule has 0 amide bonds. The summed E-state index contributed by atoms with van der Waals surface area (Å²) in [5, 5.41) is 3.14. The lowest BCUT2D eigenvalue weighted by Crippen LogP contribution is -2.40. The Bertz CT molecular complexity index is 804. The quantitative estimate of drug-likeness (QED) is 0.793. The van der Waals surface area contributed by atoms with Crippen LogP contribution < -0.4 is 0 Å². The van der Waals surface area contributed by atoms with Gasteiger partial charge in [-0.2, -0.15) is 0 Å². The highest BCUT2D eigenvalue weighted by molar-refractivity contribution is 7.88. The Morgan fingerprint density at radius 3 is 2.70 bits per heavy atom. The number of benzene rings is 1. The first-order valence-electron chi connectivity index (χ1n) is 7.52. The van der Waals surface area contributed by atoms with Crippen molar-refractivity contribution < 1.29 is 17.9 Å². The molecule has 0 aliphatic carbocycles. The van der Waals surface area contributed by atoms with Crippen LogP contribution in [0.4, 0.5) is 0 Å². The van der Waals surface area contributed by atoms with Crippen LogP contribution in [-0.2, 0) is 26.2 Å². The Morgan fingerprint density at radius 2 is 2.00 bits per heavy atom. The maximum Gasteiger partial charge on any atom is 0.309 e. The van der Waals surface area contributed by atoms with Gasteiger partial charge in [0.25, 0.3) is 0 Å². The van der Waals surface area contributed by atoms with Gasteiger partial charge in [-0.25, -0.2) is 12.7 Å². The number of sulfonamides is 1. The first-order chi connectivity index (χ1) is 10.9. The average Bonchev–Trinajstić information content (AvgIpc) is 2.95. The molecule has 0 N–H and O–H groups in total. The number of piperidine rings is 1. The SMILES string of the molecule is CS(=O)(=O)N1CCC(C(=O)OCc2csc3ccccc23)CC1. The zero-order valence-corrected chi connectivity index (χ0v) is 14.5. The number of hydrogen-bond acceptors (Lipinski definition) is 5. The Morgan fingerprint density at radius 1 is 1.30 bits per heavy atom. The number of thiophene rings is 1. The van der Waals surface area contributed by atoms with Crippen molar-refractivity contribution in [3.63, 3.8) is 0 Å². The third kappa shape index (κ3) is 3.73. The molecule has 1 aliphatic rings. The average molecular weight is 353 g/mol. The zero-order valence-electron chi connectivity index (χ0n) is 12.9. The van der Waals surface area contributed by atoms with Gasteiger partial charge in [-0.05, 0) is 29.7 Å². The van der Waals surface area contributed by atoms with Gasteiger partial charge < -0.3 is 4.74 Å². The highest BCUT2D eigenvalue weighted by Gasteiger charge is 2.29. The fraction of sp³-hybridized carbons (Fsp3) is 0.438. The van der Waals surface area contributed by atoms with Crippen LogP contribution in [-0.4, -0.2) is 38.0 Å². The summed E-state index contributed by atoms with van der Waals surface area (Å²) >= 11 is 1.64. The molecule has 0 bridgehead atoms. The summed E-state index contributed by atoms with van der Waals surface area (Å²) < 4.78 is 31.0. The summed E-state index contributed by atoms with van der Waals surface area (Å²) in [5.41, 5.74) is 1.02. The Labute approximate surface area is 139 Å². The van der Waals surface area contributed by atoms with Crippen molar-refractivity contribution >= 4 is 37.4 Å². The van der Waals surface area contributed by atoms with E-state index in [2.05, 4.69) is 0 Å². The summed E-state index contributed by atoms with van der Waals surface area (Å²) in [4.78, 5) is 12.2. The normalized spacial score (nSPS) is 17.4. The number of carbonyl (C=O) groups is 1. The van der Waals surface area contributed by atoms with E-state index in [1.54, 1.807) is 11.3 Å². The number of rotatable bonds is 4. The monoisotopic (exact) mass is 353 g/mol. The molecule has 7 heteroatoms. The minimum absolute atomic E-state index is 0.210. The molecule has 1 aromatic heterocycles. The van der Waals surface area contributed by atoms with Crippen molar-refractivity contribution in [2.75, 3.05) is 19.3 Å². The molecule has 0 saturated carbocycles. The predicted octanol–water partition coefficient (Wildman–Crippen LogP) is 2.62. The van der Waals surface area contributed by atoms with E-state index in [4.69, 9.17) is 4.74 Å². The number of fused-ring (bicyclic) bond motifs is 1. The van der Waals surface area contributed by atoms with Crippen LogP contribution in [0.1, 0.15) is 18.4 Å². The van der Waals surface area contributed by atoms with Gasteiger partial charge >= 0.3 is 5.97 Å². The molecule has 2 aromatic rings. The van der Waals surface area contributed by atoms with E-state index < -0.39 is 10.0 Å². The molecular weight excluding hydrogens is 334 g/mol. The smallest absolute Gasteiger partial charge is 0.309 e. The van der Waals surface area contributed by atoms with Gasteiger partial charge in [-0.3, -0.25) is 4.79 Å². The van der Waals surface area contributed by atoms with E-state index in [0.717, 1.165) is 10.9 Å². The van der Waals surface area contributed by atoms with E-state index in [1.807, 2.05) is 29.6 Å². The molecule has 1 fully saturated rings. The lowest BCUT2D eigenvalue weighted by molar-refractivity contribution is -0.151. The number of hydrogen-bond donors (Lipinski definition) is 0. The minimum atomic E-state index is -3.16. The topological polar surface area (TPSA) is 63.7 Å². The highest BCUT2D eigenvalue weighted by atomic mass is 32.2. The van der Waals surface area contributed by atoms with Crippen LogP contribution in [0.2, 0.25) is 0 Å². The molecule has 1 saturated heterocycles. The van der Waals surface area contributed by atoms with Gasteiger partial charge in [-0.1, -0.05) is 18.2 Å². The maximum absolute atomic E-state index is 12.2. The van der Waals surface area contributed by atoms with Crippen LogP contribution in [0.5, 0.6) is 0 Å². The molecule has 23 heavy (non-hydrogen) atoms. The fourth-order valence-electron chi connectivity index (χ4n) is 2.83. The fourth-order valence-corrected chi connectivity index (χ4v) is 4.66. The first-order valence-corrected chi connectivity index (χ1v) is 10.2. The lowest BCUT2D eigenvalue weighted by atomic mass is 9.98. The van der Waals surface area contributed by atoms with E-state index in [1.165, 1.54) is 15.3 Å². The second-order valence-corrected chi connectivity index (χ2v) is 8.69. The van der Waals surface area contributed by atoms with Crippen molar-refractivity contribution in [1.82, 2.24) is 4.31 Å². The number of esters is 1.